The van der Waals surface area contributed by atoms with Crippen molar-refractivity contribution in [3.63, 3.8) is 0 Å². The summed E-state index contributed by atoms with van der Waals surface area (Å²) in [5.41, 5.74) is 2.89. The van der Waals surface area contributed by atoms with E-state index in [1.165, 1.54) is 0 Å². The zero-order chi connectivity index (χ0) is 18.5. The number of carbonyl (C=O) groups is 1. The fraction of sp³-hybridized carbons (Fsp3) is 0.190. The van der Waals surface area contributed by atoms with Crippen molar-refractivity contribution in [2.75, 3.05) is 18.9 Å². The van der Waals surface area contributed by atoms with Gasteiger partial charge in [0.1, 0.15) is 12.3 Å². The van der Waals surface area contributed by atoms with Gasteiger partial charge in [0.2, 0.25) is 0 Å². The number of hydrogen-bond acceptors (Lipinski definition) is 2. The number of halogens is 1. The van der Waals surface area contributed by atoms with Crippen molar-refractivity contribution in [3.05, 3.63) is 77.0 Å². The Labute approximate surface area is 158 Å². The van der Waals surface area contributed by atoms with Gasteiger partial charge in [0.25, 0.3) is 5.91 Å². The third kappa shape index (κ3) is 4.75. The maximum absolute atomic E-state index is 12.2. The molecule has 3 aromatic rings. The highest BCUT2D eigenvalue weighted by Gasteiger charge is 2.14. The van der Waals surface area contributed by atoms with Gasteiger partial charge in [0.05, 0.1) is 7.05 Å². The molecule has 0 bridgehead atoms. The van der Waals surface area contributed by atoms with Crippen LogP contribution in [0.4, 0.5) is 5.69 Å². The molecule has 4 nitrogen and oxygen atoms in total. The number of carbonyl (C=O) groups excluding carboxylic acids is 1. The van der Waals surface area contributed by atoms with Crippen LogP contribution in [0.25, 0.3) is 11.3 Å². The third-order valence-corrected chi connectivity index (χ3v) is 4.40. The van der Waals surface area contributed by atoms with Crippen LogP contribution in [0.2, 0.25) is 5.02 Å². The van der Waals surface area contributed by atoms with Crippen LogP contribution in [0, 0.1) is 6.92 Å². The molecule has 0 spiro atoms. The van der Waals surface area contributed by atoms with E-state index in [0.29, 0.717) is 18.1 Å². The number of anilines is 1. The maximum atomic E-state index is 12.2. The fourth-order valence-electron chi connectivity index (χ4n) is 2.78. The number of nitrogens with one attached hydrogen (secondary N) is 2. The number of amides is 1. The van der Waals surface area contributed by atoms with Gasteiger partial charge in [-0.2, -0.15) is 0 Å². The SMILES string of the molecule is Cc1ccccc1NC(=O)C[NH+](C)Cc1ccc(-c2ccc(Cl)cc2)o1. The quantitative estimate of drug-likeness (QED) is 0.698. The predicted molar refractivity (Wildman–Crippen MR) is 104 cm³/mol. The fourth-order valence-corrected chi connectivity index (χ4v) is 2.91. The average molecular weight is 370 g/mol. The zero-order valence-corrected chi connectivity index (χ0v) is 15.6. The molecule has 134 valence electrons. The van der Waals surface area contributed by atoms with E-state index in [0.717, 1.165) is 33.2 Å². The number of aryl methyl sites for hydroxylation is 1. The molecule has 0 saturated carbocycles. The van der Waals surface area contributed by atoms with E-state index >= 15 is 0 Å². The number of benzene rings is 2. The Morgan fingerprint density at radius 1 is 1.08 bits per heavy atom. The number of hydrogen-bond donors (Lipinski definition) is 2. The van der Waals surface area contributed by atoms with Crippen LogP contribution in [-0.4, -0.2) is 19.5 Å². The maximum Gasteiger partial charge on any atom is 0.279 e. The first-order chi connectivity index (χ1) is 12.5. The van der Waals surface area contributed by atoms with Crippen LogP contribution in [0.3, 0.4) is 0 Å². The molecule has 1 amide bonds. The lowest BCUT2D eigenvalue weighted by Crippen LogP contribution is -3.08. The highest BCUT2D eigenvalue weighted by molar-refractivity contribution is 6.30. The smallest absolute Gasteiger partial charge is 0.279 e. The highest BCUT2D eigenvalue weighted by atomic mass is 35.5. The van der Waals surface area contributed by atoms with Crippen LogP contribution < -0.4 is 10.2 Å². The van der Waals surface area contributed by atoms with E-state index in [1.807, 2.05) is 74.6 Å². The van der Waals surface area contributed by atoms with Crippen molar-refractivity contribution in [2.24, 2.45) is 0 Å². The molecule has 0 radical (unpaired) electrons. The standard InChI is InChI=1S/C21H21ClN2O2/c1-15-5-3-4-6-19(15)23-21(25)14-24(2)13-18-11-12-20(26-18)16-7-9-17(22)10-8-16/h3-12H,13-14H2,1-2H3,(H,23,25)/p+1. The Morgan fingerprint density at radius 3 is 2.54 bits per heavy atom. The molecule has 1 unspecified atom stereocenters. The topological polar surface area (TPSA) is 46.7 Å². The van der Waals surface area contributed by atoms with Gasteiger partial charge < -0.3 is 14.6 Å². The van der Waals surface area contributed by atoms with Gasteiger partial charge in [-0.25, -0.2) is 0 Å². The van der Waals surface area contributed by atoms with Gasteiger partial charge >= 0.3 is 0 Å². The Kier molecular flexibility index (Phi) is 5.76. The summed E-state index contributed by atoms with van der Waals surface area (Å²) in [5, 5.41) is 3.66. The number of rotatable bonds is 6. The summed E-state index contributed by atoms with van der Waals surface area (Å²) in [4.78, 5) is 13.3. The number of likely N-dealkylation sites (N-methyl/N-ethyl adjacent to an activating group) is 1. The molecule has 0 aliphatic carbocycles. The van der Waals surface area contributed by atoms with Crippen molar-refractivity contribution in [1.82, 2.24) is 0 Å². The predicted octanol–water partition coefficient (Wildman–Crippen LogP) is 3.56. The Balaban J connectivity index is 1.56. The van der Waals surface area contributed by atoms with Crippen LogP contribution in [0.15, 0.2) is 65.1 Å². The minimum Gasteiger partial charge on any atom is -0.455 e. The van der Waals surface area contributed by atoms with E-state index in [9.17, 15) is 4.79 Å². The van der Waals surface area contributed by atoms with Crippen LogP contribution in [-0.2, 0) is 11.3 Å². The summed E-state index contributed by atoms with van der Waals surface area (Å²) in [6.07, 6.45) is 0. The van der Waals surface area contributed by atoms with Crippen LogP contribution in [0.5, 0.6) is 0 Å². The minimum atomic E-state index is -0.0127. The van der Waals surface area contributed by atoms with E-state index in [1.54, 1.807) is 0 Å². The van der Waals surface area contributed by atoms with Gasteiger partial charge in [-0.1, -0.05) is 29.8 Å². The average Bonchev–Trinajstić information content (AvgIpc) is 3.05. The van der Waals surface area contributed by atoms with Crippen molar-refractivity contribution >= 4 is 23.2 Å². The summed E-state index contributed by atoms with van der Waals surface area (Å²) in [5.74, 6) is 1.63. The third-order valence-electron chi connectivity index (χ3n) is 4.15. The number of para-hydroxylation sites is 1. The zero-order valence-electron chi connectivity index (χ0n) is 14.9. The molecule has 5 heteroatoms. The lowest BCUT2D eigenvalue weighted by atomic mass is 10.2. The lowest BCUT2D eigenvalue weighted by Gasteiger charge is -2.13. The van der Waals surface area contributed by atoms with Gasteiger partial charge in [0, 0.05) is 16.3 Å². The summed E-state index contributed by atoms with van der Waals surface area (Å²) in [6.45, 7) is 2.98. The van der Waals surface area contributed by atoms with E-state index in [-0.39, 0.29) is 5.91 Å². The number of quaternary nitrogens is 1. The molecule has 1 heterocycles. The normalized spacial score (nSPS) is 12.0. The molecular formula is C21H22ClN2O2+. The molecule has 3 rings (SSSR count). The number of furan rings is 1. The van der Waals surface area contributed by atoms with E-state index in [2.05, 4.69) is 5.32 Å². The first-order valence-corrected chi connectivity index (χ1v) is 8.90. The molecule has 2 aromatic carbocycles. The summed E-state index contributed by atoms with van der Waals surface area (Å²) in [7, 11) is 1.97. The van der Waals surface area contributed by atoms with Gasteiger partial charge in [-0.05, 0) is 55.0 Å². The van der Waals surface area contributed by atoms with Gasteiger partial charge in [-0.15, -0.1) is 0 Å². The van der Waals surface area contributed by atoms with Crippen molar-refractivity contribution in [1.29, 1.82) is 0 Å². The van der Waals surface area contributed by atoms with Gasteiger partial charge in [0.15, 0.2) is 12.3 Å². The first kappa shape index (κ1) is 18.2. The van der Waals surface area contributed by atoms with Crippen molar-refractivity contribution < 1.29 is 14.1 Å². The molecule has 1 atom stereocenters. The molecule has 2 N–H and O–H groups in total. The lowest BCUT2D eigenvalue weighted by molar-refractivity contribution is -0.886. The molecule has 1 aromatic heterocycles. The molecule has 0 aliphatic heterocycles. The Bertz CT molecular complexity index is 887. The molecular weight excluding hydrogens is 348 g/mol. The highest BCUT2D eigenvalue weighted by Crippen LogP contribution is 2.23. The van der Waals surface area contributed by atoms with Crippen LogP contribution in [0.1, 0.15) is 11.3 Å². The second-order valence-electron chi connectivity index (χ2n) is 6.45. The molecule has 26 heavy (non-hydrogen) atoms. The van der Waals surface area contributed by atoms with E-state index in [4.69, 9.17) is 16.0 Å². The Hall–Kier alpha value is -2.56. The second kappa shape index (κ2) is 8.21. The Morgan fingerprint density at radius 2 is 1.81 bits per heavy atom. The van der Waals surface area contributed by atoms with Crippen LogP contribution >= 0.6 is 11.6 Å². The largest absolute Gasteiger partial charge is 0.455 e. The van der Waals surface area contributed by atoms with Crippen molar-refractivity contribution in [3.8, 4) is 11.3 Å². The van der Waals surface area contributed by atoms with E-state index < -0.39 is 0 Å². The van der Waals surface area contributed by atoms with Crippen molar-refractivity contribution in [2.45, 2.75) is 13.5 Å². The molecule has 0 fully saturated rings. The second-order valence-corrected chi connectivity index (χ2v) is 6.88. The summed E-state index contributed by atoms with van der Waals surface area (Å²) >= 11 is 5.92. The summed E-state index contributed by atoms with van der Waals surface area (Å²) in [6, 6.07) is 19.2. The minimum absolute atomic E-state index is 0.0127. The monoisotopic (exact) mass is 369 g/mol. The summed E-state index contributed by atoms with van der Waals surface area (Å²) < 4.78 is 5.90. The van der Waals surface area contributed by atoms with Gasteiger partial charge in [-0.3, -0.25) is 4.79 Å². The molecule has 0 saturated heterocycles. The first-order valence-electron chi connectivity index (χ1n) is 8.52. The molecule has 0 aliphatic rings.